The van der Waals surface area contributed by atoms with E-state index in [0.29, 0.717) is 5.71 Å². The van der Waals surface area contributed by atoms with Crippen LogP contribution in [0.3, 0.4) is 0 Å². The van der Waals surface area contributed by atoms with Gasteiger partial charge in [-0.3, -0.25) is 0 Å². The molecule has 0 amide bonds. The molecular formula is C8H8INO. The molecule has 0 saturated carbocycles. The summed E-state index contributed by atoms with van der Waals surface area (Å²) in [5.74, 6) is 0. The van der Waals surface area contributed by atoms with Gasteiger partial charge < -0.3 is 5.21 Å². The molecule has 0 bridgehead atoms. The molecule has 1 aromatic carbocycles. The molecular weight excluding hydrogens is 253 g/mol. The van der Waals surface area contributed by atoms with Gasteiger partial charge in [0.15, 0.2) is 0 Å². The van der Waals surface area contributed by atoms with Gasteiger partial charge in [-0.25, -0.2) is 0 Å². The Hall–Kier alpha value is -0.580. The molecule has 1 N–H and O–H groups in total. The third-order valence-electron chi connectivity index (χ3n) is 1.41. The number of nitrogens with zero attached hydrogens (tertiary/aromatic N) is 1. The van der Waals surface area contributed by atoms with Crippen LogP contribution in [0.1, 0.15) is 12.5 Å². The average Bonchev–Trinajstić information content (AvgIpc) is 2.04. The number of oxime groups is 1. The second kappa shape index (κ2) is 3.71. The minimum Gasteiger partial charge on any atom is -0.411 e. The largest absolute Gasteiger partial charge is 0.411 e. The van der Waals surface area contributed by atoms with E-state index < -0.39 is 0 Å². The Labute approximate surface area is 79.1 Å². The van der Waals surface area contributed by atoms with E-state index in [2.05, 4.69) is 27.7 Å². The van der Waals surface area contributed by atoms with Crippen molar-refractivity contribution in [3.63, 3.8) is 0 Å². The van der Waals surface area contributed by atoms with E-state index in [0.717, 1.165) is 9.13 Å². The molecule has 3 heteroatoms. The summed E-state index contributed by atoms with van der Waals surface area (Å²) in [5, 5.41) is 11.6. The molecule has 0 atom stereocenters. The van der Waals surface area contributed by atoms with Crippen LogP contribution in [0.25, 0.3) is 0 Å². The number of hydrogen-bond acceptors (Lipinski definition) is 2. The van der Waals surface area contributed by atoms with E-state index in [1.807, 2.05) is 24.3 Å². The average molecular weight is 261 g/mol. The number of rotatable bonds is 1. The van der Waals surface area contributed by atoms with Crippen LogP contribution >= 0.6 is 22.6 Å². The first-order valence-electron chi connectivity index (χ1n) is 3.19. The summed E-state index contributed by atoms with van der Waals surface area (Å²) in [7, 11) is 0. The van der Waals surface area contributed by atoms with Gasteiger partial charge in [0, 0.05) is 9.13 Å². The molecule has 1 aromatic rings. The van der Waals surface area contributed by atoms with Gasteiger partial charge in [-0.05, 0) is 35.6 Å². The first-order chi connectivity index (χ1) is 5.25. The molecule has 0 heterocycles. The van der Waals surface area contributed by atoms with Crippen LogP contribution in [-0.4, -0.2) is 10.9 Å². The van der Waals surface area contributed by atoms with Crippen LogP contribution in [0.2, 0.25) is 0 Å². The lowest BCUT2D eigenvalue weighted by Gasteiger charge is -1.99. The van der Waals surface area contributed by atoms with Crippen molar-refractivity contribution in [2.24, 2.45) is 5.16 Å². The van der Waals surface area contributed by atoms with Crippen LogP contribution in [-0.2, 0) is 0 Å². The molecule has 0 aromatic heterocycles. The maximum atomic E-state index is 8.50. The Morgan fingerprint density at radius 2 is 2.09 bits per heavy atom. The molecule has 0 aliphatic heterocycles. The second-order valence-electron chi connectivity index (χ2n) is 2.17. The maximum Gasteiger partial charge on any atom is 0.0847 e. The fraction of sp³-hybridized carbons (Fsp3) is 0.125. The molecule has 0 aliphatic rings. The van der Waals surface area contributed by atoms with Crippen molar-refractivity contribution < 1.29 is 5.21 Å². The predicted octanol–water partition coefficient (Wildman–Crippen LogP) is 2.49. The number of halogens is 1. The van der Waals surface area contributed by atoms with Crippen molar-refractivity contribution >= 4 is 28.3 Å². The smallest absolute Gasteiger partial charge is 0.0847 e. The van der Waals surface area contributed by atoms with Gasteiger partial charge in [0.05, 0.1) is 5.71 Å². The van der Waals surface area contributed by atoms with E-state index >= 15 is 0 Å². The quantitative estimate of drug-likeness (QED) is 0.358. The Morgan fingerprint density at radius 1 is 1.45 bits per heavy atom. The minimum atomic E-state index is 0.648. The highest BCUT2D eigenvalue weighted by Gasteiger charge is 2.00. The monoisotopic (exact) mass is 261 g/mol. The zero-order chi connectivity index (χ0) is 8.27. The van der Waals surface area contributed by atoms with Gasteiger partial charge in [0.1, 0.15) is 0 Å². The van der Waals surface area contributed by atoms with Gasteiger partial charge in [0.25, 0.3) is 0 Å². The lowest BCUT2D eigenvalue weighted by Crippen LogP contribution is -1.96. The summed E-state index contributed by atoms with van der Waals surface area (Å²) in [5.41, 5.74) is 1.63. The second-order valence-corrected chi connectivity index (χ2v) is 3.33. The van der Waals surface area contributed by atoms with Gasteiger partial charge >= 0.3 is 0 Å². The zero-order valence-electron chi connectivity index (χ0n) is 6.08. The van der Waals surface area contributed by atoms with Crippen molar-refractivity contribution in [1.82, 2.24) is 0 Å². The highest BCUT2D eigenvalue weighted by molar-refractivity contribution is 14.1. The molecule has 0 radical (unpaired) electrons. The van der Waals surface area contributed by atoms with Gasteiger partial charge in [0.2, 0.25) is 0 Å². The van der Waals surface area contributed by atoms with Gasteiger partial charge in [-0.15, -0.1) is 0 Å². The Balaban J connectivity index is 3.14. The van der Waals surface area contributed by atoms with E-state index in [-0.39, 0.29) is 0 Å². The first kappa shape index (κ1) is 8.52. The highest BCUT2D eigenvalue weighted by Crippen LogP contribution is 2.11. The van der Waals surface area contributed by atoms with E-state index in [9.17, 15) is 0 Å². The molecule has 0 unspecified atom stereocenters. The summed E-state index contributed by atoms with van der Waals surface area (Å²) < 4.78 is 1.10. The predicted molar refractivity (Wildman–Crippen MR) is 53.2 cm³/mol. The standard InChI is InChI=1S/C8H8INO/c1-6(10-11)7-4-2-3-5-8(7)9/h2-5,11H,1H3/b10-6+. The zero-order valence-corrected chi connectivity index (χ0v) is 8.24. The molecule has 0 aliphatic carbocycles. The Morgan fingerprint density at radius 3 is 2.64 bits per heavy atom. The van der Waals surface area contributed by atoms with Crippen molar-refractivity contribution in [3.8, 4) is 0 Å². The SMILES string of the molecule is C/C(=N\O)c1ccccc1I. The molecule has 0 spiro atoms. The maximum absolute atomic E-state index is 8.50. The molecule has 1 rings (SSSR count). The van der Waals surface area contributed by atoms with Crippen LogP contribution in [0, 0.1) is 3.57 Å². The molecule has 0 fully saturated rings. The van der Waals surface area contributed by atoms with E-state index in [4.69, 9.17) is 5.21 Å². The first-order valence-corrected chi connectivity index (χ1v) is 4.27. The number of benzene rings is 1. The minimum absolute atomic E-state index is 0.648. The molecule has 58 valence electrons. The third-order valence-corrected chi connectivity index (χ3v) is 2.35. The Kier molecular flexibility index (Phi) is 2.87. The lowest BCUT2D eigenvalue weighted by atomic mass is 10.1. The topological polar surface area (TPSA) is 32.6 Å². The van der Waals surface area contributed by atoms with Crippen LogP contribution in [0.5, 0.6) is 0 Å². The fourth-order valence-corrected chi connectivity index (χ4v) is 1.59. The summed E-state index contributed by atoms with van der Waals surface area (Å²) in [6, 6.07) is 7.78. The summed E-state index contributed by atoms with van der Waals surface area (Å²) in [6.07, 6.45) is 0. The van der Waals surface area contributed by atoms with Crippen LogP contribution in [0.15, 0.2) is 29.4 Å². The molecule has 11 heavy (non-hydrogen) atoms. The molecule has 0 saturated heterocycles. The number of hydrogen-bond donors (Lipinski definition) is 1. The van der Waals surface area contributed by atoms with Crippen molar-refractivity contribution in [2.75, 3.05) is 0 Å². The van der Waals surface area contributed by atoms with Crippen LogP contribution in [0.4, 0.5) is 0 Å². The van der Waals surface area contributed by atoms with Gasteiger partial charge in [-0.1, -0.05) is 23.4 Å². The Bertz CT molecular complexity index is 283. The summed E-state index contributed by atoms with van der Waals surface area (Å²) in [4.78, 5) is 0. The fourth-order valence-electron chi connectivity index (χ4n) is 0.808. The van der Waals surface area contributed by atoms with Gasteiger partial charge in [-0.2, -0.15) is 0 Å². The normalized spacial score (nSPS) is 11.6. The summed E-state index contributed by atoms with van der Waals surface area (Å²) in [6.45, 7) is 1.78. The molecule has 2 nitrogen and oxygen atoms in total. The van der Waals surface area contributed by atoms with Crippen LogP contribution < -0.4 is 0 Å². The van der Waals surface area contributed by atoms with Crippen molar-refractivity contribution in [2.45, 2.75) is 6.92 Å². The lowest BCUT2D eigenvalue weighted by molar-refractivity contribution is 0.319. The van der Waals surface area contributed by atoms with Crippen molar-refractivity contribution in [3.05, 3.63) is 33.4 Å². The van der Waals surface area contributed by atoms with E-state index in [1.54, 1.807) is 6.92 Å². The van der Waals surface area contributed by atoms with E-state index in [1.165, 1.54) is 0 Å². The highest BCUT2D eigenvalue weighted by atomic mass is 127. The third kappa shape index (κ3) is 1.92. The van der Waals surface area contributed by atoms with Crippen molar-refractivity contribution in [1.29, 1.82) is 0 Å². The summed E-state index contributed by atoms with van der Waals surface area (Å²) >= 11 is 2.21.